The van der Waals surface area contributed by atoms with Gasteiger partial charge in [-0.1, -0.05) is 103 Å². The highest BCUT2D eigenvalue weighted by Crippen LogP contribution is 2.13. The molecule has 0 rings (SSSR count). The number of carboxylic acids is 1. The third-order valence-electron chi connectivity index (χ3n) is 4.29. The van der Waals surface area contributed by atoms with Crippen LogP contribution in [0.15, 0.2) is 12.2 Å². The summed E-state index contributed by atoms with van der Waals surface area (Å²) in [7, 11) is 0. The minimum atomic E-state index is -0.758. The first-order valence-corrected chi connectivity index (χ1v) is 9.97. The van der Waals surface area contributed by atoms with Gasteiger partial charge in [0.15, 0.2) is 0 Å². The molecule has 1 radical (unpaired) electrons. The van der Waals surface area contributed by atoms with E-state index in [0.717, 1.165) is 6.42 Å². The smallest absolute Gasteiger partial charge is 0.303 e. The molecule has 2 heteroatoms. The lowest BCUT2D eigenvalue weighted by molar-refractivity contribution is -0.136. The van der Waals surface area contributed by atoms with Gasteiger partial charge >= 0.3 is 5.97 Å². The van der Waals surface area contributed by atoms with Gasteiger partial charge in [-0.3, -0.25) is 4.79 Å². The third-order valence-corrected chi connectivity index (χ3v) is 4.29. The maximum Gasteiger partial charge on any atom is 0.303 e. The molecule has 1 N–H and O–H groups in total. The molecule has 0 saturated heterocycles. The molecule has 0 aromatic carbocycles. The van der Waals surface area contributed by atoms with Crippen molar-refractivity contribution in [3.63, 3.8) is 0 Å². The quantitative estimate of drug-likeness (QED) is 0.273. The van der Waals surface area contributed by atoms with Crippen molar-refractivity contribution >= 4 is 5.97 Å². The zero-order valence-corrected chi connectivity index (χ0v) is 15.4. The summed E-state index contributed by atoms with van der Waals surface area (Å²) in [6.07, 6.45) is 26.4. The highest BCUT2D eigenvalue weighted by atomic mass is 16.4. The minimum Gasteiger partial charge on any atom is -0.481 e. The summed E-state index contributed by atoms with van der Waals surface area (Å²) in [5.41, 5.74) is 0. The van der Waals surface area contributed by atoms with Crippen molar-refractivity contribution in [2.75, 3.05) is 0 Å². The SMILES string of the molecule is CCCCCCCCCCCCCCCC/C=C/[CH]CC(=O)O. The molecule has 0 fully saturated rings. The maximum absolute atomic E-state index is 10.3. The largest absolute Gasteiger partial charge is 0.481 e. The fourth-order valence-corrected chi connectivity index (χ4v) is 2.82. The van der Waals surface area contributed by atoms with Crippen LogP contribution in [-0.4, -0.2) is 11.1 Å². The van der Waals surface area contributed by atoms with Crippen LogP contribution in [0.5, 0.6) is 0 Å². The van der Waals surface area contributed by atoms with Crippen LogP contribution in [-0.2, 0) is 4.79 Å². The van der Waals surface area contributed by atoms with Gasteiger partial charge in [-0.15, -0.1) is 0 Å². The molecule has 23 heavy (non-hydrogen) atoms. The molecule has 0 aromatic heterocycles. The Hall–Kier alpha value is -0.790. The van der Waals surface area contributed by atoms with Crippen molar-refractivity contribution in [3.05, 3.63) is 18.6 Å². The van der Waals surface area contributed by atoms with Crippen LogP contribution in [0.3, 0.4) is 0 Å². The second-order valence-corrected chi connectivity index (χ2v) is 6.65. The predicted molar refractivity (Wildman–Crippen MR) is 101 cm³/mol. The van der Waals surface area contributed by atoms with Gasteiger partial charge in [0.25, 0.3) is 0 Å². The van der Waals surface area contributed by atoms with Gasteiger partial charge in [-0.2, -0.15) is 0 Å². The Morgan fingerprint density at radius 3 is 1.61 bits per heavy atom. The van der Waals surface area contributed by atoms with Crippen LogP contribution >= 0.6 is 0 Å². The molecule has 0 heterocycles. The van der Waals surface area contributed by atoms with Crippen molar-refractivity contribution in [3.8, 4) is 0 Å². The summed E-state index contributed by atoms with van der Waals surface area (Å²) < 4.78 is 0. The van der Waals surface area contributed by atoms with Gasteiger partial charge in [0, 0.05) is 0 Å². The number of carbonyl (C=O) groups is 1. The zero-order chi connectivity index (χ0) is 17.0. The Balaban J connectivity index is 3.04. The second-order valence-electron chi connectivity index (χ2n) is 6.65. The van der Waals surface area contributed by atoms with E-state index in [0.29, 0.717) is 0 Å². The summed E-state index contributed by atoms with van der Waals surface area (Å²) in [6.45, 7) is 2.28. The molecule has 0 aliphatic rings. The fourth-order valence-electron chi connectivity index (χ4n) is 2.82. The van der Waals surface area contributed by atoms with Gasteiger partial charge in [0.2, 0.25) is 0 Å². The van der Waals surface area contributed by atoms with E-state index in [9.17, 15) is 4.79 Å². The summed E-state index contributed by atoms with van der Waals surface area (Å²) in [4.78, 5) is 10.3. The fraction of sp³-hybridized carbons (Fsp3) is 0.810. The number of unbranched alkanes of at least 4 members (excludes halogenated alkanes) is 14. The highest BCUT2D eigenvalue weighted by molar-refractivity contribution is 5.68. The maximum atomic E-state index is 10.3. The number of hydrogen-bond acceptors (Lipinski definition) is 1. The summed E-state index contributed by atoms with van der Waals surface area (Å²) in [5, 5.41) is 8.48. The molecular weight excluding hydrogens is 284 g/mol. The number of allylic oxidation sites excluding steroid dienone is 2. The monoisotopic (exact) mass is 323 g/mol. The molecule has 0 spiro atoms. The normalized spacial score (nSPS) is 11.3. The predicted octanol–water partition coefficient (Wildman–Crippen LogP) is 7.09. The van der Waals surface area contributed by atoms with Gasteiger partial charge in [0.1, 0.15) is 0 Å². The van der Waals surface area contributed by atoms with Crippen LogP contribution < -0.4 is 0 Å². The van der Waals surface area contributed by atoms with E-state index in [4.69, 9.17) is 5.11 Å². The molecule has 0 unspecified atom stereocenters. The van der Waals surface area contributed by atoms with Crippen molar-refractivity contribution in [1.29, 1.82) is 0 Å². The van der Waals surface area contributed by atoms with Crippen LogP contribution in [0.2, 0.25) is 0 Å². The van der Waals surface area contributed by atoms with Crippen molar-refractivity contribution in [2.45, 2.75) is 110 Å². The average molecular weight is 324 g/mol. The van der Waals surface area contributed by atoms with Crippen LogP contribution in [0, 0.1) is 6.42 Å². The zero-order valence-electron chi connectivity index (χ0n) is 15.4. The van der Waals surface area contributed by atoms with E-state index in [1.54, 1.807) is 6.42 Å². The Morgan fingerprint density at radius 2 is 1.17 bits per heavy atom. The Kier molecular flexibility index (Phi) is 18.6. The lowest BCUT2D eigenvalue weighted by Crippen LogP contribution is -1.92. The third kappa shape index (κ3) is 21.2. The summed E-state index contributed by atoms with van der Waals surface area (Å²) in [6, 6.07) is 0. The molecule has 0 amide bonds. The molecule has 0 aromatic rings. The molecule has 135 valence electrons. The molecule has 0 atom stereocenters. The molecular formula is C21H39O2. The first-order chi connectivity index (χ1) is 11.3. The number of hydrogen-bond donors (Lipinski definition) is 1. The second kappa shape index (κ2) is 19.3. The number of aliphatic carboxylic acids is 1. The first kappa shape index (κ1) is 22.2. The van der Waals surface area contributed by atoms with Crippen LogP contribution in [0.25, 0.3) is 0 Å². The first-order valence-electron chi connectivity index (χ1n) is 9.97. The highest BCUT2D eigenvalue weighted by Gasteiger charge is 1.94. The molecule has 0 bridgehead atoms. The van der Waals surface area contributed by atoms with Crippen molar-refractivity contribution in [2.24, 2.45) is 0 Å². The van der Waals surface area contributed by atoms with E-state index in [-0.39, 0.29) is 6.42 Å². The van der Waals surface area contributed by atoms with E-state index in [2.05, 4.69) is 13.0 Å². The van der Waals surface area contributed by atoms with Gasteiger partial charge in [-0.25, -0.2) is 0 Å². The van der Waals surface area contributed by atoms with E-state index >= 15 is 0 Å². The minimum absolute atomic E-state index is 0.134. The van der Waals surface area contributed by atoms with Gasteiger partial charge in [-0.05, 0) is 19.3 Å². The summed E-state index contributed by atoms with van der Waals surface area (Å²) in [5.74, 6) is -0.758. The molecule has 0 saturated carbocycles. The van der Waals surface area contributed by atoms with Gasteiger partial charge < -0.3 is 5.11 Å². The van der Waals surface area contributed by atoms with Crippen molar-refractivity contribution < 1.29 is 9.90 Å². The van der Waals surface area contributed by atoms with E-state index < -0.39 is 5.97 Å². The van der Waals surface area contributed by atoms with E-state index in [1.165, 1.54) is 89.9 Å². The lowest BCUT2D eigenvalue weighted by Gasteiger charge is -2.02. The Morgan fingerprint density at radius 1 is 0.739 bits per heavy atom. The standard InChI is InChI=1S/C21H39O2/c1-2-3-4-5-6-7-8-9-10-11-12-13-14-15-16-17-18-19-20-21(22)23/h17-19H,2-16,20H2,1H3,(H,22,23)/b18-17+. The van der Waals surface area contributed by atoms with Crippen LogP contribution in [0.4, 0.5) is 0 Å². The van der Waals surface area contributed by atoms with Crippen LogP contribution in [0.1, 0.15) is 110 Å². The van der Waals surface area contributed by atoms with E-state index in [1.807, 2.05) is 6.08 Å². The topological polar surface area (TPSA) is 37.3 Å². The Bertz CT molecular complexity index is 271. The molecule has 0 aliphatic carbocycles. The number of rotatable bonds is 18. The average Bonchev–Trinajstić information content (AvgIpc) is 2.53. The van der Waals surface area contributed by atoms with Crippen molar-refractivity contribution in [1.82, 2.24) is 0 Å². The number of carboxylic acid groups (broad SMARTS) is 1. The molecule has 0 aliphatic heterocycles. The Labute approximate surface area is 144 Å². The summed E-state index contributed by atoms with van der Waals surface area (Å²) >= 11 is 0. The lowest BCUT2D eigenvalue weighted by atomic mass is 10.0. The van der Waals surface area contributed by atoms with Gasteiger partial charge in [0.05, 0.1) is 6.42 Å². The molecule has 2 nitrogen and oxygen atoms in total.